The second kappa shape index (κ2) is 7.44. The van der Waals surface area contributed by atoms with E-state index in [0.29, 0.717) is 5.88 Å². The van der Waals surface area contributed by atoms with Crippen molar-refractivity contribution < 1.29 is 4.74 Å². The number of thiol groups is 1. The summed E-state index contributed by atoms with van der Waals surface area (Å²) in [6.45, 7) is 4.99. The minimum atomic E-state index is -0.0521. The van der Waals surface area contributed by atoms with Crippen LogP contribution in [0.1, 0.15) is 25.5 Å². The molecule has 2 aliphatic heterocycles. The van der Waals surface area contributed by atoms with Gasteiger partial charge in [-0.3, -0.25) is 0 Å². The third-order valence-electron chi connectivity index (χ3n) is 3.94. The van der Waals surface area contributed by atoms with Crippen molar-refractivity contribution in [2.75, 3.05) is 32.5 Å². The molecule has 0 radical (unpaired) electrons. The maximum Gasteiger partial charge on any atom is 0.253 e. The smallest absolute Gasteiger partial charge is 0.253 e. The Kier molecular flexibility index (Phi) is 5.33. The van der Waals surface area contributed by atoms with Gasteiger partial charge < -0.3 is 9.64 Å². The van der Waals surface area contributed by atoms with Crippen molar-refractivity contribution in [3.8, 4) is 5.88 Å². The molecule has 0 aliphatic carbocycles. The number of nitrogens with zero attached hydrogens (tertiary/aromatic N) is 3. The summed E-state index contributed by atoms with van der Waals surface area (Å²) in [7, 11) is 2.09. The second-order valence-corrected chi connectivity index (χ2v) is 8.64. The summed E-state index contributed by atoms with van der Waals surface area (Å²) in [5, 5.41) is 2.34. The van der Waals surface area contributed by atoms with Gasteiger partial charge in [-0.2, -0.15) is 4.37 Å². The van der Waals surface area contributed by atoms with Crippen LogP contribution >= 0.6 is 22.6 Å². The normalized spacial score (nSPS) is 23.5. The minimum absolute atomic E-state index is 0.0521. The Morgan fingerprint density at radius 2 is 2.32 bits per heavy atom. The molecular weight excluding hydrogens is 314 g/mol. The van der Waals surface area contributed by atoms with Crippen molar-refractivity contribution in [1.82, 2.24) is 13.6 Å². The van der Waals surface area contributed by atoms with Crippen LogP contribution in [0.15, 0.2) is 28.5 Å². The minimum Gasteiger partial charge on any atom is -0.475 e. The summed E-state index contributed by atoms with van der Waals surface area (Å²) in [5.74, 6) is 1.92. The first-order chi connectivity index (χ1) is 10.7. The summed E-state index contributed by atoms with van der Waals surface area (Å²) in [6.07, 6.45) is 8.81. The van der Waals surface area contributed by atoms with E-state index in [1.165, 1.54) is 28.0 Å². The topological polar surface area (TPSA) is 38.3 Å². The predicted octanol–water partition coefficient (Wildman–Crippen LogP) is 3.46. The molecular formula is C16H23N3OS2. The van der Waals surface area contributed by atoms with E-state index in [1.807, 2.05) is 0 Å². The van der Waals surface area contributed by atoms with Gasteiger partial charge in [-0.05, 0) is 48.5 Å². The maximum absolute atomic E-state index is 5.90. The van der Waals surface area contributed by atoms with Crippen LogP contribution in [-0.2, 0) is 0 Å². The molecule has 0 bridgehead atoms. The molecule has 1 aromatic rings. The Morgan fingerprint density at radius 1 is 1.41 bits per heavy atom. The highest BCUT2D eigenvalue weighted by Gasteiger charge is 2.18. The monoisotopic (exact) mass is 337 g/mol. The molecule has 6 heteroatoms. The van der Waals surface area contributed by atoms with E-state index < -0.39 is 0 Å². The molecule has 0 N–H and O–H groups in total. The van der Waals surface area contributed by atoms with E-state index in [4.69, 9.17) is 4.74 Å². The Labute approximate surface area is 139 Å². The Hall–Kier alpha value is -1.11. The average Bonchev–Trinajstić information content (AvgIpc) is 3.13. The molecule has 120 valence electrons. The summed E-state index contributed by atoms with van der Waals surface area (Å²) in [6, 6.07) is 0. The van der Waals surface area contributed by atoms with Gasteiger partial charge in [-0.25, -0.2) is 10.9 Å². The molecule has 1 aromatic heterocycles. The van der Waals surface area contributed by atoms with Gasteiger partial charge >= 0.3 is 0 Å². The quantitative estimate of drug-likeness (QED) is 0.637. The van der Waals surface area contributed by atoms with Crippen LogP contribution in [-0.4, -0.2) is 46.1 Å². The molecule has 0 saturated carbocycles. The number of ether oxygens (including phenoxy) is 1. The zero-order chi connectivity index (χ0) is 15.4. The third-order valence-corrected chi connectivity index (χ3v) is 6.84. The number of hydrogen-bond acceptors (Lipinski definition) is 5. The van der Waals surface area contributed by atoms with E-state index in [-0.39, 0.29) is 10.9 Å². The van der Waals surface area contributed by atoms with E-state index in [1.54, 1.807) is 0 Å². The van der Waals surface area contributed by atoms with Crippen LogP contribution in [0.25, 0.3) is 5.57 Å². The molecule has 0 aromatic carbocycles. The van der Waals surface area contributed by atoms with Crippen molar-refractivity contribution in [2.24, 2.45) is 0 Å². The number of aromatic nitrogens is 2. The summed E-state index contributed by atoms with van der Waals surface area (Å²) in [5.41, 5.74) is 2.19. The van der Waals surface area contributed by atoms with Crippen molar-refractivity contribution >= 4 is 28.2 Å². The van der Waals surface area contributed by atoms with E-state index in [0.717, 1.165) is 38.2 Å². The standard InChI is InChI=1S/C16H23N3OS2/c1-13-6-4-10-22(13)11-5-9-20-16-15(17-21-18-16)14-7-3-8-19(2)12-14/h4,6-7,10,22H,3,5,8-9,11-12H2,1-2H3. The number of allylic oxidation sites excluding steroid dienone is 3. The molecule has 0 amide bonds. The van der Waals surface area contributed by atoms with E-state index >= 15 is 0 Å². The lowest BCUT2D eigenvalue weighted by Crippen LogP contribution is -2.25. The van der Waals surface area contributed by atoms with Gasteiger partial charge in [0.2, 0.25) is 0 Å². The molecule has 3 heterocycles. The van der Waals surface area contributed by atoms with Gasteiger partial charge in [-0.1, -0.05) is 18.2 Å². The average molecular weight is 338 g/mol. The Morgan fingerprint density at radius 3 is 3.09 bits per heavy atom. The molecule has 22 heavy (non-hydrogen) atoms. The van der Waals surface area contributed by atoms with E-state index in [2.05, 4.69) is 51.3 Å². The molecule has 1 atom stereocenters. The first-order valence-electron chi connectivity index (χ1n) is 7.69. The SMILES string of the molecule is CC1=CC=C[SH]1CCCOc1nsnc1C1=CCCN(C)C1. The van der Waals surface area contributed by atoms with Crippen LogP contribution in [0.5, 0.6) is 5.88 Å². The highest BCUT2D eigenvalue weighted by Crippen LogP contribution is 2.40. The Balaban J connectivity index is 1.51. The summed E-state index contributed by atoms with van der Waals surface area (Å²) >= 11 is 1.24. The summed E-state index contributed by atoms with van der Waals surface area (Å²) < 4.78 is 14.7. The lowest BCUT2D eigenvalue weighted by atomic mass is 10.1. The molecule has 2 aliphatic rings. The predicted molar refractivity (Wildman–Crippen MR) is 96.9 cm³/mol. The van der Waals surface area contributed by atoms with Crippen molar-refractivity contribution in [1.29, 1.82) is 0 Å². The fraction of sp³-hybridized carbons (Fsp3) is 0.500. The van der Waals surface area contributed by atoms with Gasteiger partial charge in [0.15, 0.2) is 0 Å². The highest BCUT2D eigenvalue weighted by molar-refractivity contribution is 8.23. The fourth-order valence-corrected chi connectivity index (χ4v) is 5.00. The van der Waals surface area contributed by atoms with Crippen molar-refractivity contribution in [3.05, 3.63) is 34.2 Å². The highest BCUT2D eigenvalue weighted by atomic mass is 32.2. The van der Waals surface area contributed by atoms with Gasteiger partial charge in [0, 0.05) is 13.1 Å². The number of rotatable bonds is 6. The van der Waals surface area contributed by atoms with Crippen molar-refractivity contribution in [3.63, 3.8) is 0 Å². The second-order valence-electron chi connectivity index (χ2n) is 5.72. The molecule has 4 nitrogen and oxygen atoms in total. The zero-order valence-electron chi connectivity index (χ0n) is 13.2. The third kappa shape index (κ3) is 3.80. The Bertz CT molecular complexity index is 606. The number of hydrogen-bond donors (Lipinski definition) is 1. The van der Waals surface area contributed by atoms with Gasteiger partial charge in [0.25, 0.3) is 5.88 Å². The van der Waals surface area contributed by atoms with Crippen LogP contribution in [0, 0.1) is 0 Å². The maximum atomic E-state index is 5.90. The molecule has 0 fully saturated rings. The first-order valence-corrected chi connectivity index (χ1v) is 10.0. The fourth-order valence-electron chi connectivity index (χ4n) is 2.69. The van der Waals surface area contributed by atoms with E-state index in [9.17, 15) is 0 Å². The van der Waals surface area contributed by atoms with Crippen LogP contribution < -0.4 is 4.74 Å². The van der Waals surface area contributed by atoms with Crippen molar-refractivity contribution in [2.45, 2.75) is 19.8 Å². The molecule has 1 unspecified atom stereocenters. The lowest BCUT2D eigenvalue weighted by molar-refractivity contribution is 0.307. The largest absolute Gasteiger partial charge is 0.475 e. The molecule has 3 rings (SSSR count). The van der Waals surface area contributed by atoms with Gasteiger partial charge in [0.05, 0.1) is 18.3 Å². The zero-order valence-corrected chi connectivity index (χ0v) is 14.9. The van der Waals surface area contributed by atoms with Crippen LogP contribution in [0.3, 0.4) is 0 Å². The van der Waals surface area contributed by atoms with Crippen LogP contribution in [0.4, 0.5) is 0 Å². The van der Waals surface area contributed by atoms with Crippen LogP contribution in [0.2, 0.25) is 0 Å². The van der Waals surface area contributed by atoms with Gasteiger partial charge in [-0.15, -0.1) is 4.37 Å². The molecule has 0 spiro atoms. The lowest BCUT2D eigenvalue weighted by Gasteiger charge is -2.22. The molecule has 0 saturated heterocycles. The first kappa shape index (κ1) is 15.8. The van der Waals surface area contributed by atoms with Gasteiger partial charge in [0.1, 0.15) is 5.69 Å². The number of likely N-dealkylation sites (N-methyl/N-ethyl adjacent to an activating group) is 1. The summed E-state index contributed by atoms with van der Waals surface area (Å²) in [4.78, 5) is 3.82.